The number of hydrogen-bond acceptors (Lipinski definition) is 5. The van der Waals surface area contributed by atoms with Gasteiger partial charge in [-0.15, -0.1) is 0 Å². The number of nitrogens with one attached hydrogen (secondary N) is 2. The third kappa shape index (κ3) is 5.56. The van der Waals surface area contributed by atoms with Crippen molar-refractivity contribution in [1.29, 1.82) is 5.41 Å². The van der Waals surface area contributed by atoms with Gasteiger partial charge in [0.05, 0.1) is 5.69 Å². The second kappa shape index (κ2) is 10.2. The molecule has 2 aromatic carbocycles. The standard InChI is InChI=1S/C24H27ClN6O/c1-15(2)29-23-24(32)31(20(21(25)30-23)18-7-5-8-19(26)14-18)13-4-3-6-16-9-11-17(12-10-16)22(27)28/h3-5,7-12,14-15H,6,13,26H2,1-2H3,(H3,27,28)(H,29,30). The van der Waals surface area contributed by atoms with E-state index in [1.807, 2.05) is 62.4 Å². The molecule has 0 bridgehead atoms. The molecule has 8 heteroatoms. The molecule has 0 radical (unpaired) electrons. The Labute approximate surface area is 192 Å². The zero-order valence-electron chi connectivity index (χ0n) is 18.1. The summed E-state index contributed by atoms with van der Waals surface area (Å²) in [5, 5.41) is 10.8. The maximum atomic E-state index is 13.2. The van der Waals surface area contributed by atoms with Crippen LogP contribution in [0, 0.1) is 5.41 Å². The Morgan fingerprint density at radius 3 is 2.56 bits per heavy atom. The van der Waals surface area contributed by atoms with Crippen LogP contribution in [-0.2, 0) is 13.0 Å². The Bertz CT molecular complexity index is 1200. The van der Waals surface area contributed by atoms with Crippen LogP contribution < -0.4 is 22.3 Å². The van der Waals surface area contributed by atoms with E-state index in [2.05, 4.69) is 10.3 Å². The molecule has 0 saturated carbocycles. The molecule has 0 aliphatic carbocycles. The highest BCUT2D eigenvalue weighted by Gasteiger charge is 2.17. The number of nitrogens with zero attached hydrogens (tertiary/aromatic N) is 2. The first kappa shape index (κ1) is 23.1. The van der Waals surface area contributed by atoms with Crippen LogP contribution in [0.1, 0.15) is 25.0 Å². The highest BCUT2D eigenvalue weighted by molar-refractivity contribution is 6.32. The fourth-order valence-corrected chi connectivity index (χ4v) is 3.56. The van der Waals surface area contributed by atoms with E-state index in [9.17, 15) is 4.79 Å². The molecule has 1 heterocycles. The topological polar surface area (TPSA) is 123 Å². The molecule has 0 saturated heterocycles. The Kier molecular flexibility index (Phi) is 7.33. The molecule has 0 fully saturated rings. The Balaban J connectivity index is 1.92. The lowest BCUT2D eigenvalue weighted by Gasteiger charge is -2.17. The van der Waals surface area contributed by atoms with Gasteiger partial charge in [0, 0.05) is 29.4 Å². The molecule has 7 nitrogen and oxygen atoms in total. The number of hydrogen-bond donors (Lipinski definition) is 4. The van der Waals surface area contributed by atoms with Crippen LogP contribution >= 0.6 is 11.6 Å². The molecule has 0 unspecified atom stereocenters. The quantitative estimate of drug-likeness (QED) is 0.178. The van der Waals surface area contributed by atoms with E-state index in [0.29, 0.717) is 29.9 Å². The molecule has 0 aliphatic rings. The fraction of sp³-hybridized carbons (Fsp3) is 0.208. The lowest BCUT2D eigenvalue weighted by atomic mass is 10.1. The van der Waals surface area contributed by atoms with Crippen molar-refractivity contribution in [3.63, 3.8) is 0 Å². The number of benzene rings is 2. The molecule has 166 valence electrons. The second-order valence-corrected chi connectivity index (χ2v) is 8.08. The van der Waals surface area contributed by atoms with Crippen LogP contribution in [0.25, 0.3) is 11.3 Å². The van der Waals surface area contributed by atoms with Gasteiger partial charge in [-0.1, -0.05) is 60.2 Å². The smallest absolute Gasteiger partial charge is 0.294 e. The molecule has 0 atom stereocenters. The van der Waals surface area contributed by atoms with Gasteiger partial charge >= 0.3 is 0 Å². The fourth-order valence-electron chi connectivity index (χ4n) is 3.26. The predicted molar refractivity (Wildman–Crippen MR) is 132 cm³/mol. The van der Waals surface area contributed by atoms with E-state index < -0.39 is 0 Å². The first-order chi connectivity index (χ1) is 15.3. The molecule has 0 amide bonds. The summed E-state index contributed by atoms with van der Waals surface area (Å²) in [7, 11) is 0. The molecular formula is C24H27ClN6O. The van der Waals surface area contributed by atoms with E-state index in [1.54, 1.807) is 16.7 Å². The van der Waals surface area contributed by atoms with Crippen molar-refractivity contribution in [1.82, 2.24) is 9.55 Å². The third-order valence-electron chi connectivity index (χ3n) is 4.78. The molecule has 1 aromatic heterocycles. The lowest BCUT2D eigenvalue weighted by Crippen LogP contribution is -2.28. The first-order valence-corrected chi connectivity index (χ1v) is 10.6. The lowest BCUT2D eigenvalue weighted by molar-refractivity contribution is 0.767. The van der Waals surface area contributed by atoms with E-state index in [4.69, 9.17) is 28.5 Å². The van der Waals surface area contributed by atoms with Gasteiger partial charge in [-0.2, -0.15) is 0 Å². The number of nitrogen functional groups attached to an aromatic ring is 2. The maximum Gasteiger partial charge on any atom is 0.294 e. The monoisotopic (exact) mass is 450 g/mol. The van der Waals surface area contributed by atoms with Gasteiger partial charge in [0.2, 0.25) is 0 Å². The highest BCUT2D eigenvalue weighted by atomic mass is 35.5. The summed E-state index contributed by atoms with van der Waals surface area (Å²) in [5.41, 5.74) is 14.8. The number of nitrogens with two attached hydrogens (primary N) is 2. The number of anilines is 2. The summed E-state index contributed by atoms with van der Waals surface area (Å²) < 4.78 is 1.60. The van der Waals surface area contributed by atoms with Gasteiger partial charge in [-0.3, -0.25) is 14.8 Å². The average Bonchev–Trinajstić information content (AvgIpc) is 2.74. The Morgan fingerprint density at radius 1 is 1.22 bits per heavy atom. The van der Waals surface area contributed by atoms with Crippen LogP contribution in [0.3, 0.4) is 0 Å². The van der Waals surface area contributed by atoms with Gasteiger partial charge < -0.3 is 16.8 Å². The Hall–Kier alpha value is -3.58. The van der Waals surface area contributed by atoms with Gasteiger partial charge in [0.1, 0.15) is 5.84 Å². The minimum atomic E-state index is -0.254. The van der Waals surface area contributed by atoms with Gasteiger partial charge in [-0.25, -0.2) is 4.98 Å². The van der Waals surface area contributed by atoms with Crippen molar-refractivity contribution < 1.29 is 0 Å². The first-order valence-electron chi connectivity index (χ1n) is 10.3. The summed E-state index contributed by atoms with van der Waals surface area (Å²) in [6, 6.07) is 14.8. The van der Waals surface area contributed by atoms with Crippen molar-refractivity contribution in [3.8, 4) is 11.3 Å². The highest BCUT2D eigenvalue weighted by Crippen LogP contribution is 2.27. The average molecular weight is 451 g/mol. The number of halogens is 1. The van der Waals surface area contributed by atoms with E-state index in [0.717, 1.165) is 11.1 Å². The number of aromatic nitrogens is 2. The molecule has 0 aliphatic heterocycles. The number of allylic oxidation sites excluding steroid dienone is 2. The van der Waals surface area contributed by atoms with Gasteiger partial charge in [0.25, 0.3) is 5.56 Å². The summed E-state index contributed by atoms with van der Waals surface area (Å²) in [5.74, 6) is 0.256. The number of amidine groups is 1. The van der Waals surface area contributed by atoms with Gasteiger partial charge in [0.15, 0.2) is 11.0 Å². The van der Waals surface area contributed by atoms with Crippen LogP contribution in [0.5, 0.6) is 0 Å². The zero-order chi connectivity index (χ0) is 23.3. The van der Waals surface area contributed by atoms with E-state index in [1.165, 1.54) is 0 Å². The largest absolute Gasteiger partial charge is 0.399 e. The summed E-state index contributed by atoms with van der Waals surface area (Å²) in [6.07, 6.45) is 4.59. The molecule has 3 aromatic rings. The molecular weight excluding hydrogens is 424 g/mol. The Morgan fingerprint density at radius 2 is 1.94 bits per heavy atom. The van der Waals surface area contributed by atoms with Crippen LogP contribution in [0.15, 0.2) is 65.5 Å². The van der Waals surface area contributed by atoms with Crippen LogP contribution in [0.2, 0.25) is 5.15 Å². The van der Waals surface area contributed by atoms with E-state index >= 15 is 0 Å². The zero-order valence-corrected chi connectivity index (χ0v) is 18.9. The molecule has 32 heavy (non-hydrogen) atoms. The predicted octanol–water partition coefficient (Wildman–Crippen LogP) is 4.05. The van der Waals surface area contributed by atoms with Crippen molar-refractivity contribution in [2.75, 3.05) is 11.1 Å². The summed E-state index contributed by atoms with van der Waals surface area (Å²) in [6.45, 7) is 4.19. The molecule has 6 N–H and O–H groups in total. The maximum absolute atomic E-state index is 13.2. The summed E-state index contributed by atoms with van der Waals surface area (Å²) >= 11 is 6.52. The third-order valence-corrected chi connectivity index (χ3v) is 5.05. The summed E-state index contributed by atoms with van der Waals surface area (Å²) in [4.78, 5) is 17.5. The minimum absolute atomic E-state index is 0.0338. The normalized spacial score (nSPS) is 11.2. The van der Waals surface area contributed by atoms with Crippen molar-refractivity contribution in [3.05, 3.63) is 87.3 Å². The van der Waals surface area contributed by atoms with Crippen molar-refractivity contribution in [2.24, 2.45) is 5.73 Å². The van der Waals surface area contributed by atoms with Crippen LogP contribution in [0.4, 0.5) is 11.5 Å². The molecule has 3 rings (SSSR count). The number of rotatable bonds is 8. The minimum Gasteiger partial charge on any atom is -0.399 e. The second-order valence-electron chi connectivity index (χ2n) is 7.73. The van der Waals surface area contributed by atoms with E-state index in [-0.39, 0.29) is 28.4 Å². The SMILES string of the molecule is CC(C)Nc1nc(Cl)c(-c2cccc(N)c2)n(CC=CCc2ccc(C(=N)N)cc2)c1=O. The molecule has 0 spiro atoms. The van der Waals surface area contributed by atoms with Gasteiger partial charge in [-0.05, 0) is 38.0 Å². The van der Waals surface area contributed by atoms with Crippen molar-refractivity contribution >= 4 is 28.9 Å². The van der Waals surface area contributed by atoms with Crippen molar-refractivity contribution in [2.45, 2.75) is 32.9 Å². The van der Waals surface area contributed by atoms with Crippen LogP contribution in [-0.4, -0.2) is 21.4 Å².